The number of fused-ring (bicyclic) bond motifs is 1. The van der Waals surface area contributed by atoms with Crippen LogP contribution in [0.4, 0.5) is 0 Å². The minimum Gasteiger partial charge on any atom is -0.390 e. The summed E-state index contributed by atoms with van der Waals surface area (Å²) in [5.41, 5.74) is 1.85. The van der Waals surface area contributed by atoms with Crippen LogP contribution >= 0.6 is 11.3 Å². The van der Waals surface area contributed by atoms with Crippen LogP contribution in [0.2, 0.25) is 0 Å². The molecule has 6 heteroatoms. The first-order chi connectivity index (χ1) is 12.3. The van der Waals surface area contributed by atoms with Gasteiger partial charge in [0.2, 0.25) is 0 Å². The van der Waals surface area contributed by atoms with Gasteiger partial charge >= 0.3 is 0 Å². The predicted molar refractivity (Wildman–Crippen MR) is 106 cm³/mol. The van der Waals surface area contributed by atoms with Crippen molar-refractivity contribution in [3.63, 3.8) is 0 Å². The summed E-state index contributed by atoms with van der Waals surface area (Å²) in [7, 11) is 0. The van der Waals surface area contributed by atoms with E-state index in [2.05, 4.69) is 10.3 Å². The molecule has 0 saturated carbocycles. The van der Waals surface area contributed by atoms with E-state index < -0.39 is 5.60 Å². The number of amides is 1. The molecule has 26 heavy (non-hydrogen) atoms. The predicted octanol–water partition coefficient (Wildman–Crippen LogP) is 4.12. The van der Waals surface area contributed by atoms with Crippen LogP contribution < -0.4 is 5.32 Å². The van der Waals surface area contributed by atoms with E-state index in [0.717, 1.165) is 35.5 Å². The van der Waals surface area contributed by atoms with Gasteiger partial charge in [-0.05, 0) is 40.0 Å². The summed E-state index contributed by atoms with van der Waals surface area (Å²) < 4.78 is 1.85. The van der Waals surface area contributed by atoms with Crippen molar-refractivity contribution in [3.05, 3.63) is 47.6 Å². The number of hydrogen-bond donors (Lipinski definition) is 2. The maximum Gasteiger partial charge on any atom is 0.269 e. The third-order valence-electron chi connectivity index (χ3n) is 4.31. The molecule has 2 N–H and O–H groups in total. The van der Waals surface area contributed by atoms with E-state index in [-0.39, 0.29) is 11.9 Å². The van der Waals surface area contributed by atoms with Gasteiger partial charge in [0, 0.05) is 23.2 Å². The highest BCUT2D eigenvalue weighted by molar-refractivity contribution is 7.15. The highest BCUT2D eigenvalue weighted by Gasteiger charge is 2.18. The van der Waals surface area contributed by atoms with E-state index in [0.29, 0.717) is 5.69 Å². The monoisotopic (exact) mass is 371 g/mol. The van der Waals surface area contributed by atoms with Gasteiger partial charge in [-0.1, -0.05) is 30.3 Å². The molecule has 1 aromatic carbocycles. The molecule has 0 fully saturated rings. The van der Waals surface area contributed by atoms with E-state index in [9.17, 15) is 9.90 Å². The van der Waals surface area contributed by atoms with Crippen LogP contribution in [-0.2, 0) is 0 Å². The number of carbonyl (C=O) groups excluding carboxylic acids is 1. The van der Waals surface area contributed by atoms with Crippen molar-refractivity contribution in [3.8, 4) is 11.3 Å². The molecule has 138 valence electrons. The first-order valence-electron chi connectivity index (χ1n) is 8.89. The molecule has 1 unspecified atom stereocenters. The molecule has 0 aliphatic carbocycles. The smallest absolute Gasteiger partial charge is 0.269 e. The van der Waals surface area contributed by atoms with Crippen LogP contribution in [0.3, 0.4) is 0 Å². The molecule has 0 spiro atoms. The van der Waals surface area contributed by atoms with Crippen LogP contribution in [0.5, 0.6) is 0 Å². The fourth-order valence-electron chi connectivity index (χ4n) is 2.91. The zero-order valence-corrected chi connectivity index (χ0v) is 16.2. The molecule has 5 nitrogen and oxygen atoms in total. The molecule has 1 amide bonds. The van der Waals surface area contributed by atoms with Crippen LogP contribution in [0, 0.1) is 0 Å². The Balaban J connectivity index is 1.68. The summed E-state index contributed by atoms with van der Waals surface area (Å²) in [5.74, 6) is -0.0935. The molecule has 0 bridgehead atoms. The van der Waals surface area contributed by atoms with Gasteiger partial charge in [-0.3, -0.25) is 9.20 Å². The van der Waals surface area contributed by atoms with E-state index in [4.69, 9.17) is 0 Å². The van der Waals surface area contributed by atoms with Crippen LogP contribution in [-0.4, -0.2) is 32.0 Å². The van der Waals surface area contributed by atoms with Crippen molar-refractivity contribution < 1.29 is 9.90 Å². The van der Waals surface area contributed by atoms with Crippen molar-refractivity contribution in [2.75, 3.05) is 0 Å². The number of imidazole rings is 1. The van der Waals surface area contributed by atoms with Crippen molar-refractivity contribution in [1.29, 1.82) is 0 Å². The summed E-state index contributed by atoms with van der Waals surface area (Å²) in [6.07, 6.45) is 4.34. The van der Waals surface area contributed by atoms with Crippen molar-refractivity contribution in [1.82, 2.24) is 14.7 Å². The minimum atomic E-state index is -0.659. The third-order valence-corrected chi connectivity index (χ3v) is 5.15. The molecule has 0 radical (unpaired) electrons. The Morgan fingerprint density at radius 2 is 2.08 bits per heavy atom. The number of nitrogens with zero attached hydrogens (tertiary/aromatic N) is 2. The third kappa shape index (κ3) is 4.51. The number of carbonyl (C=O) groups is 1. The Bertz CT molecular complexity index is 877. The number of nitrogens with one attached hydrogen (secondary N) is 1. The molecular formula is C20H25N3O2S. The summed E-state index contributed by atoms with van der Waals surface area (Å²) in [4.78, 5) is 18.1. The van der Waals surface area contributed by atoms with E-state index >= 15 is 0 Å². The number of benzene rings is 1. The number of rotatable bonds is 7. The Morgan fingerprint density at radius 3 is 2.77 bits per heavy atom. The summed E-state index contributed by atoms with van der Waals surface area (Å²) in [5, 5.41) is 14.7. The molecule has 0 aliphatic rings. The standard InChI is InChI=1S/C20H25N3O2S/c1-14(8-7-11-20(2,3)25)21-18(24)17-13-26-19-22-16(12-23(17)19)15-9-5-4-6-10-15/h4-6,9-10,12-14,25H,7-8,11H2,1-3H3,(H,21,24). The lowest BCUT2D eigenvalue weighted by atomic mass is 10.00. The van der Waals surface area contributed by atoms with Crippen molar-refractivity contribution in [2.45, 2.75) is 51.7 Å². The molecule has 1 atom stereocenters. The molecule has 2 aromatic heterocycles. The molecule has 2 heterocycles. The van der Waals surface area contributed by atoms with Gasteiger partial charge < -0.3 is 10.4 Å². The first kappa shape index (κ1) is 18.6. The van der Waals surface area contributed by atoms with Gasteiger partial charge in [0.1, 0.15) is 5.69 Å². The Hall–Kier alpha value is -2.18. The summed E-state index contributed by atoms with van der Waals surface area (Å²) >= 11 is 1.46. The van der Waals surface area contributed by atoms with E-state index in [1.807, 2.05) is 67.1 Å². The minimum absolute atomic E-state index is 0.0527. The Morgan fingerprint density at radius 1 is 1.35 bits per heavy atom. The summed E-state index contributed by atoms with van der Waals surface area (Å²) in [6.45, 7) is 5.61. The molecule has 0 aliphatic heterocycles. The molecular weight excluding hydrogens is 346 g/mol. The lowest BCUT2D eigenvalue weighted by Gasteiger charge is -2.19. The normalized spacial score (nSPS) is 13.1. The maximum atomic E-state index is 12.6. The highest BCUT2D eigenvalue weighted by atomic mass is 32.1. The summed E-state index contributed by atoms with van der Waals surface area (Å²) in [6, 6.07) is 10.0. The second kappa shape index (κ2) is 7.60. The van der Waals surface area contributed by atoms with Gasteiger partial charge in [-0.25, -0.2) is 4.98 Å². The van der Waals surface area contributed by atoms with Crippen LogP contribution in [0.25, 0.3) is 16.2 Å². The van der Waals surface area contributed by atoms with Gasteiger partial charge in [0.15, 0.2) is 4.96 Å². The van der Waals surface area contributed by atoms with Gasteiger partial charge in [-0.2, -0.15) is 0 Å². The van der Waals surface area contributed by atoms with Crippen LogP contribution in [0.1, 0.15) is 50.5 Å². The highest BCUT2D eigenvalue weighted by Crippen LogP contribution is 2.23. The van der Waals surface area contributed by atoms with E-state index in [1.54, 1.807) is 0 Å². The second-order valence-corrected chi connectivity index (χ2v) is 8.18. The Labute approximate surface area is 157 Å². The van der Waals surface area contributed by atoms with Gasteiger partial charge in [0.05, 0.1) is 11.3 Å². The number of thiazole rings is 1. The average Bonchev–Trinajstić information content (AvgIpc) is 3.14. The topological polar surface area (TPSA) is 66.6 Å². The van der Waals surface area contributed by atoms with Gasteiger partial charge in [-0.15, -0.1) is 11.3 Å². The molecule has 3 rings (SSSR count). The fourth-order valence-corrected chi connectivity index (χ4v) is 3.76. The van der Waals surface area contributed by atoms with E-state index in [1.165, 1.54) is 11.3 Å². The zero-order chi connectivity index (χ0) is 18.7. The number of hydrogen-bond acceptors (Lipinski definition) is 4. The molecule has 0 saturated heterocycles. The average molecular weight is 372 g/mol. The number of aromatic nitrogens is 2. The maximum absolute atomic E-state index is 12.6. The molecule has 3 aromatic rings. The lowest BCUT2D eigenvalue weighted by Crippen LogP contribution is -2.33. The number of aliphatic hydroxyl groups is 1. The van der Waals surface area contributed by atoms with Gasteiger partial charge in [0.25, 0.3) is 5.91 Å². The zero-order valence-electron chi connectivity index (χ0n) is 15.4. The fraction of sp³-hybridized carbons (Fsp3) is 0.400. The van der Waals surface area contributed by atoms with Crippen molar-refractivity contribution in [2.24, 2.45) is 0 Å². The quantitative estimate of drug-likeness (QED) is 0.656. The first-order valence-corrected chi connectivity index (χ1v) is 9.77. The second-order valence-electron chi connectivity index (χ2n) is 7.34. The SMILES string of the molecule is CC(CCCC(C)(C)O)NC(=O)c1csc2nc(-c3ccccc3)cn12. The van der Waals surface area contributed by atoms with Crippen molar-refractivity contribution >= 4 is 22.2 Å². The largest absolute Gasteiger partial charge is 0.390 e. The van der Waals surface area contributed by atoms with Crippen LogP contribution in [0.15, 0.2) is 41.9 Å². The Kier molecular flexibility index (Phi) is 5.44. The lowest BCUT2D eigenvalue weighted by molar-refractivity contribution is 0.0674.